The third-order valence-corrected chi connectivity index (χ3v) is 4.26. The zero-order chi connectivity index (χ0) is 15.2. The molecule has 0 saturated carbocycles. The van der Waals surface area contributed by atoms with Crippen LogP contribution in [0.4, 0.5) is 0 Å². The van der Waals surface area contributed by atoms with Crippen LogP contribution in [0, 0.1) is 0 Å². The van der Waals surface area contributed by atoms with Crippen molar-refractivity contribution in [3.8, 4) is 22.1 Å². The fourth-order valence-corrected chi connectivity index (χ4v) is 3.04. The van der Waals surface area contributed by atoms with Gasteiger partial charge < -0.3 is 14.6 Å². The Morgan fingerprint density at radius 2 is 2.05 bits per heavy atom. The van der Waals surface area contributed by atoms with Gasteiger partial charge in [0.2, 0.25) is 0 Å². The van der Waals surface area contributed by atoms with Crippen LogP contribution in [0.25, 0.3) is 10.6 Å². The van der Waals surface area contributed by atoms with Crippen LogP contribution in [-0.4, -0.2) is 23.8 Å². The van der Waals surface area contributed by atoms with E-state index in [0.717, 1.165) is 39.7 Å². The van der Waals surface area contributed by atoms with E-state index in [1.54, 1.807) is 7.11 Å². The second-order valence-electron chi connectivity index (χ2n) is 4.61. The Morgan fingerprint density at radius 1 is 1.24 bits per heavy atom. The largest absolute Gasteiger partial charge is 0.493 e. The number of methoxy groups -OCH3 is 1. The summed E-state index contributed by atoms with van der Waals surface area (Å²) in [7, 11) is 1.64. The van der Waals surface area contributed by atoms with E-state index in [1.807, 2.05) is 25.1 Å². The third kappa shape index (κ3) is 3.54. The molecule has 1 N–H and O–H groups in total. The number of aliphatic hydroxyl groups is 1. The molecule has 0 amide bonds. The smallest absolute Gasteiger partial charge is 0.161 e. The number of nitrogens with zero attached hydrogens (tertiary/aromatic N) is 1. The van der Waals surface area contributed by atoms with Crippen LogP contribution in [0.3, 0.4) is 0 Å². The summed E-state index contributed by atoms with van der Waals surface area (Å²) >= 11 is 1.52. The van der Waals surface area contributed by atoms with E-state index < -0.39 is 0 Å². The number of thiazole rings is 1. The third-order valence-electron chi connectivity index (χ3n) is 3.13. The highest BCUT2D eigenvalue weighted by Gasteiger charge is 2.13. The van der Waals surface area contributed by atoms with Gasteiger partial charge in [-0.25, -0.2) is 4.98 Å². The molecular weight excluding hydrogens is 286 g/mol. The highest BCUT2D eigenvalue weighted by Crippen LogP contribution is 2.35. The summed E-state index contributed by atoms with van der Waals surface area (Å²) in [6.45, 7) is 4.82. The summed E-state index contributed by atoms with van der Waals surface area (Å²) in [5.41, 5.74) is 1.94. The van der Waals surface area contributed by atoms with Crippen molar-refractivity contribution >= 4 is 11.3 Å². The first kappa shape index (κ1) is 15.8. The predicted molar refractivity (Wildman–Crippen MR) is 85.2 cm³/mol. The van der Waals surface area contributed by atoms with Crippen LogP contribution >= 0.6 is 11.3 Å². The van der Waals surface area contributed by atoms with E-state index in [-0.39, 0.29) is 6.61 Å². The van der Waals surface area contributed by atoms with Crippen LogP contribution in [0.1, 0.15) is 30.8 Å². The van der Waals surface area contributed by atoms with Gasteiger partial charge >= 0.3 is 0 Å². The molecule has 2 rings (SSSR count). The van der Waals surface area contributed by atoms with Gasteiger partial charge in [0.25, 0.3) is 0 Å². The maximum Gasteiger partial charge on any atom is 0.161 e. The first-order valence-corrected chi connectivity index (χ1v) is 7.95. The average Bonchev–Trinajstić information content (AvgIpc) is 2.96. The molecule has 0 atom stereocenters. The molecule has 0 fully saturated rings. The molecule has 0 bridgehead atoms. The topological polar surface area (TPSA) is 51.6 Å². The van der Waals surface area contributed by atoms with Crippen LogP contribution in [0.15, 0.2) is 18.2 Å². The van der Waals surface area contributed by atoms with Crippen molar-refractivity contribution in [3.05, 3.63) is 28.8 Å². The number of aliphatic hydroxyl groups excluding tert-OH is 1. The number of aromatic nitrogens is 1. The van der Waals surface area contributed by atoms with E-state index in [1.165, 1.54) is 11.3 Å². The zero-order valence-electron chi connectivity index (χ0n) is 12.7. The molecule has 114 valence electrons. The van der Waals surface area contributed by atoms with Crippen molar-refractivity contribution in [2.45, 2.75) is 33.3 Å². The van der Waals surface area contributed by atoms with E-state index in [2.05, 4.69) is 11.9 Å². The molecule has 0 aliphatic rings. The average molecular weight is 307 g/mol. The molecule has 0 spiro atoms. The molecule has 1 heterocycles. The monoisotopic (exact) mass is 307 g/mol. The molecule has 0 aliphatic heterocycles. The van der Waals surface area contributed by atoms with Gasteiger partial charge in [-0.1, -0.05) is 13.8 Å². The van der Waals surface area contributed by atoms with Gasteiger partial charge in [-0.2, -0.15) is 0 Å². The quantitative estimate of drug-likeness (QED) is 0.848. The van der Waals surface area contributed by atoms with Gasteiger partial charge in [0.1, 0.15) is 5.01 Å². The minimum atomic E-state index is 0.0374. The standard InChI is InChI=1S/C16H21NO3S/c1-4-8-20-13-7-6-11(9-14(13)19-3)16-17-12(5-2)15(10-18)21-16/h6-7,9,18H,4-5,8,10H2,1-3H3. The van der Waals surface area contributed by atoms with Crippen LogP contribution < -0.4 is 9.47 Å². The number of benzene rings is 1. The van der Waals surface area contributed by atoms with E-state index in [0.29, 0.717) is 12.4 Å². The molecule has 21 heavy (non-hydrogen) atoms. The second kappa shape index (κ2) is 7.43. The van der Waals surface area contributed by atoms with Crippen molar-refractivity contribution in [2.75, 3.05) is 13.7 Å². The summed E-state index contributed by atoms with van der Waals surface area (Å²) in [4.78, 5) is 5.53. The lowest BCUT2D eigenvalue weighted by Gasteiger charge is -2.10. The summed E-state index contributed by atoms with van der Waals surface area (Å²) < 4.78 is 11.1. The number of hydrogen-bond donors (Lipinski definition) is 1. The van der Waals surface area contributed by atoms with Crippen molar-refractivity contribution in [3.63, 3.8) is 0 Å². The first-order valence-electron chi connectivity index (χ1n) is 7.14. The zero-order valence-corrected chi connectivity index (χ0v) is 13.5. The van der Waals surface area contributed by atoms with Gasteiger partial charge in [-0.05, 0) is 31.0 Å². The second-order valence-corrected chi connectivity index (χ2v) is 5.70. The lowest BCUT2D eigenvalue weighted by Crippen LogP contribution is -1.97. The summed E-state index contributed by atoms with van der Waals surface area (Å²) in [5, 5.41) is 10.3. The van der Waals surface area contributed by atoms with Crippen molar-refractivity contribution in [2.24, 2.45) is 0 Å². The predicted octanol–water partition coefficient (Wildman–Crippen LogP) is 3.66. The van der Waals surface area contributed by atoms with Gasteiger partial charge in [-0.3, -0.25) is 0 Å². The maximum atomic E-state index is 9.38. The summed E-state index contributed by atoms with van der Waals surface area (Å²) in [5.74, 6) is 1.46. The Hall–Kier alpha value is -1.59. The Morgan fingerprint density at radius 3 is 2.62 bits per heavy atom. The molecular formula is C16H21NO3S. The lowest BCUT2D eigenvalue weighted by atomic mass is 10.2. The normalized spacial score (nSPS) is 10.7. The molecule has 0 radical (unpaired) electrons. The molecule has 4 nitrogen and oxygen atoms in total. The molecule has 0 aliphatic carbocycles. The number of rotatable bonds is 7. The highest BCUT2D eigenvalue weighted by atomic mass is 32.1. The van der Waals surface area contributed by atoms with Gasteiger partial charge in [-0.15, -0.1) is 11.3 Å². The molecule has 0 unspecified atom stereocenters. The van der Waals surface area contributed by atoms with Crippen LogP contribution in [-0.2, 0) is 13.0 Å². The summed E-state index contributed by atoms with van der Waals surface area (Å²) in [6.07, 6.45) is 1.78. The molecule has 1 aromatic heterocycles. The van der Waals surface area contributed by atoms with Gasteiger partial charge in [0.05, 0.1) is 30.9 Å². The molecule has 0 saturated heterocycles. The fraction of sp³-hybridized carbons (Fsp3) is 0.438. The Balaban J connectivity index is 2.33. The fourth-order valence-electron chi connectivity index (χ4n) is 2.04. The Bertz CT molecular complexity index is 574. The van der Waals surface area contributed by atoms with Crippen LogP contribution in [0.2, 0.25) is 0 Å². The minimum Gasteiger partial charge on any atom is -0.493 e. The maximum absolute atomic E-state index is 9.38. The first-order chi connectivity index (χ1) is 10.2. The Kier molecular flexibility index (Phi) is 5.59. The molecule has 1 aromatic carbocycles. The Labute approximate surface area is 129 Å². The number of hydrogen-bond acceptors (Lipinski definition) is 5. The van der Waals surface area contributed by atoms with Crippen molar-refractivity contribution < 1.29 is 14.6 Å². The van der Waals surface area contributed by atoms with Crippen molar-refractivity contribution in [1.29, 1.82) is 0 Å². The molecule has 2 aromatic rings. The lowest BCUT2D eigenvalue weighted by molar-refractivity contribution is 0.284. The van der Waals surface area contributed by atoms with Gasteiger partial charge in [0, 0.05) is 5.56 Å². The highest BCUT2D eigenvalue weighted by molar-refractivity contribution is 7.15. The SMILES string of the molecule is CCCOc1ccc(-c2nc(CC)c(CO)s2)cc1OC. The van der Waals surface area contributed by atoms with Gasteiger partial charge in [0.15, 0.2) is 11.5 Å². The minimum absolute atomic E-state index is 0.0374. The van der Waals surface area contributed by atoms with Crippen LogP contribution in [0.5, 0.6) is 11.5 Å². The van der Waals surface area contributed by atoms with E-state index in [4.69, 9.17) is 9.47 Å². The van der Waals surface area contributed by atoms with E-state index in [9.17, 15) is 5.11 Å². The van der Waals surface area contributed by atoms with Crippen molar-refractivity contribution in [1.82, 2.24) is 4.98 Å². The molecule has 5 heteroatoms. The number of ether oxygens (including phenoxy) is 2. The van der Waals surface area contributed by atoms with E-state index >= 15 is 0 Å². The summed E-state index contributed by atoms with van der Waals surface area (Å²) in [6, 6.07) is 5.83. The number of aryl methyl sites for hydroxylation is 1.